The van der Waals surface area contributed by atoms with Gasteiger partial charge in [-0.15, -0.1) is 0 Å². The van der Waals surface area contributed by atoms with Crippen LogP contribution in [0.5, 0.6) is 0 Å². The first-order valence-electron chi connectivity index (χ1n) is 8.95. The van der Waals surface area contributed by atoms with Crippen LogP contribution in [0.25, 0.3) is 0 Å². The van der Waals surface area contributed by atoms with E-state index in [0.29, 0.717) is 19.4 Å². The minimum atomic E-state index is -3.04. The summed E-state index contributed by atoms with van der Waals surface area (Å²) < 4.78 is 23.7. The number of hydrogen-bond donors (Lipinski definition) is 0. The average Bonchev–Trinajstić information content (AvgIpc) is 3.01. The third-order valence-corrected chi connectivity index (χ3v) is 6.71. The van der Waals surface area contributed by atoms with E-state index in [1.54, 1.807) is 17.3 Å². The second kappa shape index (κ2) is 7.99. The predicted molar refractivity (Wildman–Crippen MR) is 102 cm³/mol. The third-order valence-electron chi connectivity index (χ3n) is 4.96. The van der Waals surface area contributed by atoms with Crippen molar-refractivity contribution < 1.29 is 13.2 Å². The van der Waals surface area contributed by atoms with E-state index in [-0.39, 0.29) is 29.4 Å². The number of carbonyl (C=O) groups excluding carboxylic acids is 1. The predicted octanol–water partition coefficient (Wildman–Crippen LogP) is 2.44. The minimum absolute atomic E-state index is 0.00221. The molecule has 1 amide bonds. The van der Waals surface area contributed by atoms with E-state index in [9.17, 15) is 13.2 Å². The molecule has 0 spiro atoms. The highest BCUT2D eigenvalue weighted by molar-refractivity contribution is 7.91. The molecule has 138 valence electrons. The molecule has 0 N–H and O–H groups in total. The van der Waals surface area contributed by atoms with Crippen LogP contribution in [0.3, 0.4) is 0 Å². The molecule has 1 aromatic heterocycles. The molecule has 2 heterocycles. The first-order chi connectivity index (χ1) is 12.5. The summed E-state index contributed by atoms with van der Waals surface area (Å²) in [5.74, 6) is -0.0926. The standard InChI is InChI=1S/C20H24N2O3S/c1-2-22(18-10-13-26(24,25)15-18)20(23)19(17-6-4-3-5-7-17)14-16-8-11-21-12-9-16/h3-9,11-12,18-19H,2,10,13-15H2,1H3. The van der Waals surface area contributed by atoms with Gasteiger partial charge in [-0.2, -0.15) is 0 Å². The highest BCUT2D eigenvalue weighted by Gasteiger charge is 2.36. The number of nitrogens with zero attached hydrogens (tertiary/aromatic N) is 2. The van der Waals surface area contributed by atoms with E-state index in [0.717, 1.165) is 11.1 Å². The van der Waals surface area contributed by atoms with Gasteiger partial charge in [0.1, 0.15) is 0 Å². The fourth-order valence-corrected chi connectivity index (χ4v) is 5.33. The van der Waals surface area contributed by atoms with Gasteiger partial charge >= 0.3 is 0 Å². The quantitative estimate of drug-likeness (QED) is 0.781. The lowest BCUT2D eigenvalue weighted by Gasteiger charge is -2.31. The van der Waals surface area contributed by atoms with Crippen LogP contribution < -0.4 is 0 Å². The first-order valence-corrected chi connectivity index (χ1v) is 10.8. The Hall–Kier alpha value is -2.21. The van der Waals surface area contributed by atoms with Crippen LogP contribution in [0.15, 0.2) is 54.9 Å². The van der Waals surface area contributed by atoms with Crippen molar-refractivity contribution in [3.63, 3.8) is 0 Å². The smallest absolute Gasteiger partial charge is 0.230 e. The summed E-state index contributed by atoms with van der Waals surface area (Å²) in [6.07, 6.45) is 4.55. The molecule has 0 bridgehead atoms. The van der Waals surface area contributed by atoms with Gasteiger partial charge in [-0.05, 0) is 43.0 Å². The summed E-state index contributed by atoms with van der Waals surface area (Å²) in [7, 11) is -3.04. The zero-order valence-electron chi connectivity index (χ0n) is 14.9. The molecule has 5 nitrogen and oxygen atoms in total. The van der Waals surface area contributed by atoms with Crippen molar-refractivity contribution in [3.05, 3.63) is 66.0 Å². The van der Waals surface area contributed by atoms with E-state index in [2.05, 4.69) is 4.98 Å². The van der Waals surface area contributed by atoms with Gasteiger partial charge in [0.2, 0.25) is 5.91 Å². The Morgan fingerprint density at radius 1 is 1.19 bits per heavy atom. The number of rotatable bonds is 6. The van der Waals surface area contributed by atoms with E-state index >= 15 is 0 Å². The topological polar surface area (TPSA) is 67.3 Å². The highest BCUT2D eigenvalue weighted by Crippen LogP contribution is 2.27. The number of carbonyl (C=O) groups is 1. The van der Waals surface area contributed by atoms with E-state index in [1.807, 2.05) is 49.4 Å². The fraction of sp³-hybridized carbons (Fsp3) is 0.400. The monoisotopic (exact) mass is 372 g/mol. The van der Waals surface area contributed by atoms with E-state index in [4.69, 9.17) is 0 Å². The maximum absolute atomic E-state index is 13.4. The van der Waals surface area contributed by atoms with Crippen LogP contribution in [-0.4, -0.2) is 48.3 Å². The van der Waals surface area contributed by atoms with Gasteiger partial charge in [0.25, 0.3) is 0 Å². The molecule has 1 fully saturated rings. The van der Waals surface area contributed by atoms with Gasteiger partial charge in [0, 0.05) is 25.0 Å². The number of hydrogen-bond acceptors (Lipinski definition) is 4. The van der Waals surface area contributed by atoms with Gasteiger partial charge in [0.05, 0.1) is 17.4 Å². The van der Waals surface area contributed by atoms with Crippen LogP contribution in [0.2, 0.25) is 0 Å². The van der Waals surface area contributed by atoms with Crippen molar-refractivity contribution in [2.45, 2.75) is 31.7 Å². The zero-order valence-corrected chi connectivity index (χ0v) is 15.7. The van der Waals surface area contributed by atoms with Crippen molar-refractivity contribution in [2.24, 2.45) is 0 Å². The highest BCUT2D eigenvalue weighted by atomic mass is 32.2. The second-order valence-corrected chi connectivity index (χ2v) is 8.93. The van der Waals surface area contributed by atoms with Gasteiger partial charge in [-0.3, -0.25) is 9.78 Å². The molecule has 1 aliphatic heterocycles. The van der Waals surface area contributed by atoms with Crippen molar-refractivity contribution in [3.8, 4) is 0 Å². The van der Waals surface area contributed by atoms with Gasteiger partial charge in [-0.1, -0.05) is 30.3 Å². The Labute approximate surface area is 155 Å². The number of benzene rings is 1. The largest absolute Gasteiger partial charge is 0.338 e. The molecule has 2 unspecified atom stereocenters. The first kappa shape index (κ1) is 18.6. The maximum atomic E-state index is 13.4. The minimum Gasteiger partial charge on any atom is -0.338 e. The zero-order chi connectivity index (χ0) is 18.6. The Kier molecular flexibility index (Phi) is 5.71. The molecule has 26 heavy (non-hydrogen) atoms. The van der Waals surface area contributed by atoms with Gasteiger partial charge < -0.3 is 4.90 Å². The Morgan fingerprint density at radius 2 is 1.88 bits per heavy atom. The van der Waals surface area contributed by atoms with Crippen molar-refractivity contribution in [1.29, 1.82) is 0 Å². The van der Waals surface area contributed by atoms with Crippen molar-refractivity contribution >= 4 is 15.7 Å². The summed E-state index contributed by atoms with van der Waals surface area (Å²) in [6, 6.07) is 13.3. The number of aromatic nitrogens is 1. The molecule has 1 saturated heterocycles. The molecule has 2 aromatic rings. The average molecular weight is 372 g/mol. The van der Waals surface area contributed by atoms with Crippen molar-refractivity contribution in [2.75, 3.05) is 18.1 Å². The molecule has 1 aliphatic rings. The third kappa shape index (κ3) is 4.30. The van der Waals surface area contributed by atoms with Crippen LogP contribution >= 0.6 is 0 Å². The summed E-state index contributed by atoms with van der Waals surface area (Å²) in [5.41, 5.74) is 1.99. The van der Waals surface area contributed by atoms with Crippen LogP contribution in [0, 0.1) is 0 Å². The van der Waals surface area contributed by atoms with Gasteiger partial charge in [-0.25, -0.2) is 8.42 Å². The summed E-state index contributed by atoms with van der Waals surface area (Å²) >= 11 is 0. The SMILES string of the molecule is CCN(C(=O)C(Cc1ccncc1)c1ccccc1)C1CCS(=O)(=O)C1. The fourth-order valence-electron chi connectivity index (χ4n) is 3.60. The van der Waals surface area contributed by atoms with E-state index < -0.39 is 9.84 Å². The Morgan fingerprint density at radius 3 is 2.46 bits per heavy atom. The maximum Gasteiger partial charge on any atom is 0.230 e. The van der Waals surface area contributed by atoms with Crippen LogP contribution in [0.1, 0.15) is 30.4 Å². The van der Waals surface area contributed by atoms with Gasteiger partial charge in [0.15, 0.2) is 9.84 Å². The van der Waals surface area contributed by atoms with Crippen molar-refractivity contribution in [1.82, 2.24) is 9.88 Å². The summed E-state index contributed by atoms with van der Waals surface area (Å²) in [4.78, 5) is 19.2. The lowest BCUT2D eigenvalue weighted by Crippen LogP contribution is -2.44. The molecular weight excluding hydrogens is 348 g/mol. The molecule has 1 aromatic carbocycles. The molecule has 6 heteroatoms. The van der Waals surface area contributed by atoms with E-state index in [1.165, 1.54) is 0 Å². The summed E-state index contributed by atoms with van der Waals surface area (Å²) in [5, 5.41) is 0. The number of amides is 1. The Balaban J connectivity index is 1.88. The normalized spacial score (nSPS) is 19.8. The molecule has 0 radical (unpaired) electrons. The molecule has 2 atom stereocenters. The molecule has 0 aliphatic carbocycles. The number of pyridine rings is 1. The van der Waals surface area contributed by atoms with Crippen LogP contribution in [0.4, 0.5) is 0 Å². The molecule has 3 rings (SSSR count). The molecule has 0 saturated carbocycles. The lowest BCUT2D eigenvalue weighted by atomic mass is 9.90. The molecular formula is C20H24N2O3S. The number of likely N-dealkylation sites (N-methyl/N-ethyl adjacent to an activating group) is 1. The number of sulfone groups is 1. The lowest BCUT2D eigenvalue weighted by molar-refractivity contribution is -0.134. The van der Waals surface area contributed by atoms with Crippen LogP contribution in [-0.2, 0) is 21.1 Å². The Bertz CT molecular complexity index is 838. The second-order valence-electron chi connectivity index (χ2n) is 6.70. The summed E-state index contributed by atoms with van der Waals surface area (Å²) in [6.45, 7) is 2.43.